The van der Waals surface area contributed by atoms with Gasteiger partial charge in [0.1, 0.15) is 0 Å². The van der Waals surface area contributed by atoms with E-state index in [9.17, 15) is 13.2 Å². The van der Waals surface area contributed by atoms with Crippen LogP contribution in [0.4, 0.5) is 0 Å². The van der Waals surface area contributed by atoms with E-state index in [1.165, 1.54) is 16.4 Å². The third-order valence-corrected chi connectivity index (χ3v) is 7.10. The topological polar surface area (TPSA) is 97.2 Å². The summed E-state index contributed by atoms with van der Waals surface area (Å²) in [6.07, 6.45) is 5.21. The number of nitrogens with zero attached hydrogens (tertiary/aromatic N) is 4. The SMILES string of the molecule is Cn1nc(-c2cccnc2)cc1CNC(=O)c1ccc(S(=O)(=O)N2CCCC2)cc1. The van der Waals surface area contributed by atoms with Gasteiger partial charge in [-0.15, -0.1) is 0 Å². The van der Waals surface area contributed by atoms with Gasteiger partial charge in [0.25, 0.3) is 5.91 Å². The molecule has 0 atom stereocenters. The highest BCUT2D eigenvalue weighted by atomic mass is 32.2. The molecule has 0 spiro atoms. The number of aryl methyl sites for hydroxylation is 1. The van der Waals surface area contributed by atoms with Crippen molar-refractivity contribution in [2.45, 2.75) is 24.3 Å². The zero-order chi connectivity index (χ0) is 21.1. The van der Waals surface area contributed by atoms with E-state index in [1.807, 2.05) is 25.2 Å². The van der Waals surface area contributed by atoms with Crippen LogP contribution in [0.1, 0.15) is 28.9 Å². The summed E-state index contributed by atoms with van der Waals surface area (Å²) in [5.41, 5.74) is 2.94. The fourth-order valence-corrected chi connectivity index (χ4v) is 4.97. The Hall–Kier alpha value is -3.04. The number of carbonyl (C=O) groups is 1. The number of rotatable bonds is 6. The molecule has 0 radical (unpaired) electrons. The third-order valence-electron chi connectivity index (χ3n) is 5.18. The van der Waals surface area contributed by atoms with E-state index in [-0.39, 0.29) is 10.8 Å². The fourth-order valence-electron chi connectivity index (χ4n) is 3.46. The Kier molecular flexibility index (Phi) is 5.65. The van der Waals surface area contributed by atoms with E-state index in [2.05, 4.69) is 15.4 Å². The van der Waals surface area contributed by atoms with Crippen molar-refractivity contribution in [3.05, 3.63) is 66.1 Å². The zero-order valence-electron chi connectivity index (χ0n) is 16.7. The van der Waals surface area contributed by atoms with Crippen LogP contribution in [0.3, 0.4) is 0 Å². The number of pyridine rings is 1. The van der Waals surface area contributed by atoms with Gasteiger partial charge >= 0.3 is 0 Å². The highest BCUT2D eigenvalue weighted by Gasteiger charge is 2.27. The molecule has 2 aromatic heterocycles. The fraction of sp³-hybridized carbons (Fsp3) is 0.286. The van der Waals surface area contributed by atoms with Gasteiger partial charge in [0.05, 0.1) is 22.8 Å². The van der Waals surface area contributed by atoms with Crippen LogP contribution >= 0.6 is 0 Å². The standard InChI is InChI=1S/C21H23N5O3S/c1-25-18(13-20(24-25)17-5-4-10-22-14-17)15-23-21(27)16-6-8-19(9-7-16)30(28,29)26-11-2-3-12-26/h4-10,13-14H,2-3,11-12,15H2,1H3,(H,23,27). The van der Waals surface area contributed by atoms with Gasteiger partial charge in [0, 0.05) is 43.7 Å². The lowest BCUT2D eigenvalue weighted by Gasteiger charge is -2.15. The predicted molar refractivity (Wildman–Crippen MR) is 112 cm³/mol. The molecule has 156 valence electrons. The van der Waals surface area contributed by atoms with E-state index in [4.69, 9.17) is 0 Å². The normalized spacial score (nSPS) is 14.7. The summed E-state index contributed by atoms with van der Waals surface area (Å²) in [5.74, 6) is -0.274. The number of benzene rings is 1. The van der Waals surface area contributed by atoms with Gasteiger partial charge in [-0.05, 0) is 55.3 Å². The maximum atomic E-state index is 12.6. The molecule has 1 aliphatic rings. The molecule has 3 aromatic rings. The monoisotopic (exact) mass is 425 g/mol. The minimum Gasteiger partial charge on any atom is -0.346 e. The molecule has 0 bridgehead atoms. The lowest BCUT2D eigenvalue weighted by atomic mass is 10.2. The average Bonchev–Trinajstić information content (AvgIpc) is 3.43. The molecule has 1 fully saturated rings. The minimum absolute atomic E-state index is 0.216. The van der Waals surface area contributed by atoms with Crippen molar-refractivity contribution in [2.75, 3.05) is 13.1 Å². The number of aromatic nitrogens is 3. The number of nitrogens with one attached hydrogen (secondary N) is 1. The molecule has 1 saturated heterocycles. The van der Waals surface area contributed by atoms with Crippen molar-refractivity contribution in [1.29, 1.82) is 0 Å². The van der Waals surface area contributed by atoms with Gasteiger partial charge in [-0.2, -0.15) is 9.40 Å². The number of hydrogen-bond acceptors (Lipinski definition) is 5. The van der Waals surface area contributed by atoms with Crippen molar-refractivity contribution in [3.8, 4) is 11.3 Å². The molecule has 1 N–H and O–H groups in total. The van der Waals surface area contributed by atoms with Gasteiger partial charge < -0.3 is 5.32 Å². The molecule has 0 aliphatic carbocycles. The summed E-state index contributed by atoms with van der Waals surface area (Å²) in [4.78, 5) is 16.8. The van der Waals surface area contributed by atoms with Crippen LogP contribution in [-0.2, 0) is 23.6 Å². The first-order valence-electron chi connectivity index (χ1n) is 9.77. The Bertz CT molecular complexity index is 1140. The number of amides is 1. The quantitative estimate of drug-likeness (QED) is 0.653. The molecule has 0 saturated carbocycles. The Labute approximate surface area is 175 Å². The van der Waals surface area contributed by atoms with Gasteiger partial charge in [0.2, 0.25) is 10.0 Å². The van der Waals surface area contributed by atoms with E-state index in [0.29, 0.717) is 25.2 Å². The molecular formula is C21H23N5O3S. The van der Waals surface area contributed by atoms with Crippen molar-refractivity contribution >= 4 is 15.9 Å². The Morgan fingerprint density at radius 2 is 1.87 bits per heavy atom. The largest absolute Gasteiger partial charge is 0.346 e. The van der Waals surface area contributed by atoms with Crippen molar-refractivity contribution < 1.29 is 13.2 Å². The Balaban J connectivity index is 1.42. The smallest absolute Gasteiger partial charge is 0.251 e. The summed E-state index contributed by atoms with van der Waals surface area (Å²) in [6.45, 7) is 1.41. The van der Waals surface area contributed by atoms with E-state index in [0.717, 1.165) is 29.8 Å². The second-order valence-electron chi connectivity index (χ2n) is 7.20. The van der Waals surface area contributed by atoms with Gasteiger partial charge in [-0.3, -0.25) is 14.5 Å². The summed E-state index contributed by atoms with van der Waals surface area (Å²) in [5, 5.41) is 7.32. The second-order valence-corrected chi connectivity index (χ2v) is 9.14. The minimum atomic E-state index is -3.48. The maximum Gasteiger partial charge on any atom is 0.251 e. The molecule has 9 heteroatoms. The van der Waals surface area contributed by atoms with Crippen molar-refractivity contribution in [1.82, 2.24) is 24.4 Å². The van der Waals surface area contributed by atoms with Crippen LogP contribution in [0.2, 0.25) is 0 Å². The van der Waals surface area contributed by atoms with Gasteiger partial charge in [0.15, 0.2) is 0 Å². The van der Waals surface area contributed by atoms with Crippen LogP contribution in [0.5, 0.6) is 0 Å². The molecule has 3 heterocycles. The summed E-state index contributed by atoms with van der Waals surface area (Å²) in [6, 6.07) is 11.8. The second kappa shape index (κ2) is 8.37. The average molecular weight is 426 g/mol. The number of carbonyl (C=O) groups excluding carboxylic acids is 1. The molecule has 8 nitrogen and oxygen atoms in total. The Morgan fingerprint density at radius 1 is 1.13 bits per heavy atom. The Morgan fingerprint density at radius 3 is 2.53 bits per heavy atom. The first kappa shape index (κ1) is 20.2. The third kappa shape index (κ3) is 4.12. The van der Waals surface area contributed by atoms with Crippen LogP contribution in [0, 0.1) is 0 Å². The van der Waals surface area contributed by atoms with Gasteiger partial charge in [-0.1, -0.05) is 0 Å². The molecule has 1 aromatic carbocycles. The van der Waals surface area contributed by atoms with Crippen LogP contribution < -0.4 is 5.32 Å². The van der Waals surface area contributed by atoms with Crippen LogP contribution in [0.25, 0.3) is 11.3 Å². The summed E-state index contributed by atoms with van der Waals surface area (Å²) < 4.78 is 28.4. The van der Waals surface area contributed by atoms with E-state index >= 15 is 0 Å². The summed E-state index contributed by atoms with van der Waals surface area (Å²) in [7, 11) is -1.66. The molecule has 1 aliphatic heterocycles. The molecule has 1 amide bonds. The highest BCUT2D eigenvalue weighted by molar-refractivity contribution is 7.89. The van der Waals surface area contributed by atoms with E-state index < -0.39 is 10.0 Å². The predicted octanol–water partition coefficient (Wildman–Crippen LogP) is 2.20. The van der Waals surface area contributed by atoms with E-state index in [1.54, 1.807) is 29.2 Å². The molecule has 0 unspecified atom stereocenters. The van der Waals surface area contributed by atoms with Crippen LogP contribution in [0.15, 0.2) is 59.8 Å². The first-order chi connectivity index (χ1) is 14.4. The highest BCUT2D eigenvalue weighted by Crippen LogP contribution is 2.21. The van der Waals surface area contributed by atoms with Crippen molar-refractivity contribution in [2.24, 2.45) is 7.05 Å². The van der Waals surface area contributed by atoms with Gasteiger partial charge in [-0.25, -0.2) is 8.42 Å². The lowest BCUT2D eigenvalue weighted by molar-refractivity contribution is 0.0950. The lowest BCUT2D eigenvalue weighted by Crippen LogP contribution is -2.28. The molecular weight excluding hydrogens is 402 g/mol. The zero-order valence-corrected chi connectivity index (χ0v) is 17.5. The first-order valence-corrected chi connectivity index (χ1v) is 11.2. The number of sulfonamides is 1. The maximum absolute atomic E-state index is 12.6. The van der Waals surface area contributed by atoms with Crippen molar-refractivity contribution in [3.63, 3.8) is 0 Å². The summed E-state index contributed by atoms with van der Waals surface area (Å²) >= 11 is 0. The molecule has 4 rings (SSSR count). The molecule has 30 heavy (non-hydrogen) atoms. The number of hydrogen-bond donors (Lipinski definition) is 1. The van der Waals surface area contributed by atoms with Crippen LogP contribution in [-0.4, -0.2) is 46.5 Å².